The van der Waals surface area contributed by atoms with Gasteiger partial charge < -0.3 is 14.7 Å². The van der Waals surface area contributed by atoms with Gasteiger partial charge in [-0.25, -0.2) is 0 Å². The van der Waals surface area contributed by atoms with Crippen LogP contribution in [0.4, 0.5) is 0 Å². The minimum Gasteiger partial charge on any atom is -0.492 e. The van der Waals surface area contributed by atoms with Gasteiger partial charge in [0.25, 0.3) is 0 Å². The molecule has 0 spiro atoms. The number of carboxylic acids is 1. The van der Waals surface area contributed by atoms with E-state index in [2.05, 4.69) is 0 Å². The van der Waals surface area contributed by atoms with Gasteiger partial charge >= 0.3 is 5.97 Å². The number of benzene rings is 1. The van der Waals surface area contributed by atoms with E-state index in [-0.39, 0.29) is 24.8 Å². The van der Waals surface area contributed by atoms with Crippen molar-refractivity contribution in [2.75, 3.05) is 24.7 Å². The lowest BCUT2D eigenvalue weighted by Gasteiger charge is -2.34. The number of ether oxygens (including phenoxy) is 1. The molecule has 1 aliphatic heterocycles. The highest BCUT2D eigenvalue weighted by Gasteiger charge is 2.29. The summed E-state index contributed by atoms with van der Waals surface area (Å²) in [7, 11) is 0. The van der Waals surface area contributed by atoms with Crippen LogP contribution in [0.3, 0.4) is 0 Å². The molecule has 1 heterocycles. The van der Waals surface area contributed by atoms with Gasteiger partial charge in [-0.05, 0) is 13.0 Å². The number of rotatable bonds is 6. The maximum atomic E-state index is 12.7. The van der Waals surface area contributed by atoms with Gasteiger partial charge in [-0.3, -0.25) is 9.59 Å². The fourth-order valence-corrected chi connectivity index (χ4v) is 3.93. The zero-order valence-electron chi connectivity index (χ0n) is 13.0. The number of carboxylic acid groups (broad SMARTS) is 1. The lowest BCUT2D eigenvalue weighted by Crippen LogP contribution is -2.47. The van der Waals surface area contributed by atoms with E-state index in [4.69, 9.17) is 21.4 Å². The Labute approximate surface area is 144 Å². The van der Waals surface area contributed by atoms with Gasteiger partial charge in [0.2, 0.25) is 5.91 Å². The zero-order chi connectivity index (χ0) is 16.8. The van der Waals surface area contributed by atoms with Crippen LogP contribution in [0, 0.1) is 0 Å². The standard InChI is InChI=1S/C16H20ClNO4S/c1-2-22-16-11(4-3-5-13(16)17)8-14(19)18-6-7-23-10-12(18)9-15(20)21/h3-5,12H,2,6-10H2,1H3,(H,20,21). The Hall–Kier alpha value is -1.40. The Morgan fingerprint density at radius 2 is 2.26 bits per heavy atom. The number of thioether (sulfide) groups is 1. The van der Waals surface area contributed by atoms with Crippen molar-refractivity contribution in [1.82, 2.24) is 4.90 Å². The molecular weight excluding hydrogens is 338 g/mol. The quantitative estimate of drug-likeness (QED) is 0.847. The summed E-state index contributed by atoms with van der Waals surface area (Å²) in [4.78, 5) is 25.3. The number of hydrogen-bond acceptors (Lipinski definition) is 4. The number of aliphatic carboxylic acids is 1. The molecule has 1 N–H and O–H groups in total. The van der Waals surface area contributed by atoms with Crippen molar-refractivity contribution >= 4 is 35.2 Å². The molecule has 126 valence electrons. The normalized spacial score (nSPS) is 17.8. The van der Waals surface area contributed by atoms with Crippen molar-refractivity contribution in [2.24, 2.45) is 0 Å². The van der Waals surface area contributed by atoms with Crippen LogP contribution < -0.4 is 4.74 Å². The molecule has 1 aromatic rings. The second-order valence-electron chi connectivity index (χ2n) is 5.25. The SMILES string of the molecule is CCOc1c(Cl)cccc1CC(=O)N1CCSCC1CC(=O)O. The summed E-state index contributed by atoms with van der Waals surface area (Å²) in [6.45, 7) is 2.90. The minimum absolute atomic E-state index is 0.0212. The summed E-state index contributed by atoms with van der Waals surface area (Å²) in [6.07, 6.45) is 0.142. The molecule has 0 aromatic heterocycles. The molecule has 1 aromatic carbocycles. The number of halogens is 1. The van der Waals surface area contributed by atoms with E-state index in [1.165, 1.54) is 0 Å². The molecule has 1 saturated heterocycles. The molecule has 1 aliphatic rings. The summed E-state index contributed by atoms with van der Waals surface area (Å²) < 4.78 is 5.55. The fourth-order valence-electron chi connectivity index (χ4n) is 2.62. The number of amides is 1. The first-order valence-electron chi connectivity index (χ1n) is 7.52. The molecule has 1 atom stereocenters. The highest BCUT2D eigenvalue weighted by molar-refractivity contribution is 7.99. The lowest BCUT2D eigenvalue weighted by molar-refractivity contribution is -0.140. The van der Waals surface area contributed by atoms with Crippen molar-refractivity contribution < 1.29 is 19.4 Å². The maximum absolute atomic E-state index is 12.7. The molecule has 1 unspecified atom stereocenters. The Kier molecular flexibility index (Phi) is 6.59. The van der Waals surface area contributed by atoms with Crippen LogP contribution >= 0.6 is 23.4 Å². The molecule has 23 heavy (non-hydrogen) atoms. The molecule has 0 aliphatic carbocycles. The molecule has 1 amide bonds. The topological polar surface area (TPSA) is 66.8 Å². The van der Waals surface area contributed by atoms with Gasteiger partial charge in [-0.15, -0.1) is 0 Å². The molecule has 7 heteroatoms. The molecule has 1 fully saturated rings. The van der Waals surface area contributed by atoms with Gasteiger partial charge in [0.15, 0.2) is 0 Å². The van der Waals surface area contributed by atoms with Crippen LogP contribution in [0.25, 0.3) is 0 Å². The zero-order valence-corrected chi connectivity index (χ0v) is 14.5. The van der Waals surface area contributed by atoms with E-state index in [0.29, 0.717) is 29.7 Å². The van der Waals surface area contributed by atoms with Crippen LogP contribution in [0.2, 0.25) is 5.02 Å². The monoisotopic (exact) mass is 357 g/mol. The first-order valence-corrected chi connectivity index (χ1v) is 9.05. The molecule has 0 radical (unpaired) electrons. The summed E-state index contributed by atoms with van der Waals surface area (Å²) in [5, 5.41) is 9.50. The van der Waals surface area contributed by atoms with Crippen molar-refractivity contribution in [3.63, 3.8) is 0 Å². The Bertz CT molecular complexity index is 581. The summed E-state index contributed by atoms with van der Waals surface area (Å²) >= 11 is 7.83. The fraction of sp³-hybridized carbons (Fsp3) is 0.500. The third kappa shape index (κ3) is 4.78. The largest absolute Gasteiger partial charge is 0.492 e. The number of para-hydroxylation sites is 1. The van der Waals surface area contributed by atoms with Crippen LogP contribution in [0.1, 0.15) is 18.9 Å². The molecular formula is C16H20ClNO4S. The smallest absolute Gasteiger partial charge is 0.305 e. The second-order valence-corrected chi connectivity index (χ2v) is 6.81. The second kappa shape index (κ2) is 8.45. The van der Waals surface area contributed by atoms with Crippen LogP contribution in [-0.2, 0) is 16.0 Å². The van der Waals surface area contributed by atoms with Crippen molar-refractivity contribution in [1.29, 1.82) is 0 Å². The van der Waals surface area contributed by atoms with Crippen molar-refractivity contribution in [2.45, 2.75) is 25.8 Å². The van der Waals surface area contributed by atoms with E-state index in [1.807, 2.05) is 13.0 Å². The van der Waals surface area contributed by atoms with E-state index in [9.17, 15) is 9.59 Å². The summed E-state index contributed by atoms with van der Waals surface area (Å²) in [6, 6.07) is 5.08. The van der Waals surface area contributed by atoms with Crippen molar-refractivity contribution in [3.8, 4) is 5.75 Å². The third-order valence-electron chi connectivity index (χ3n) is 3.64. The third-order valence-corrected chi connectivity index (χ3v) is 5.03. The van der Waals surface area contributed by atoms with Gasteiger partial charge in [-0.1, -0.05) is 23.7 Å². The molecule has 2 rings (SSSR count). The highest BCUT2D eigenvalue weighted by atomic mass is 35.5. The number of carbonyl (C=O) groups is 2. The van der Waals surface area contributed by atoms with E-state index in [1.54, 1.807) is 28.8 Å². The number of nitrogens with zero attached hydrogens (tertiary/aromatic N) is 1. The predicted octanol–water partition coefficient (Wildman–Crippen LogP) is 2.70. The first kappa shape index (κ1) is 17.9. The number of carbonyl (C=O) groups excluding carboxylic acids is 1. The van der Waals surface area contributed by atoms with Crippen LogP contribution in [0.5, 0.6) is 5.75 Å². The average Bonchev–Trinajstić information content (AvgIpc) is 2.50. The number of hydrogen-bond donors (Lipinski definition) is 1. The predicted molar refractivity (Wildman–Crippen MR) is 91.4 cm³/mol. The molecule has 5 nitrogen and oxygen atoms in total. The summed E-state index contributed by atoms with van der Waals surface area (Å²) in [5.41, 5.74) is 0.733. The van der Waals surface area contributed by atoms with Gasteiger partial charge in [-0.2, -0.15) is 11.8 Å². The molecule has 0 saturated carbocycles. The van der Waals surface area contributed by atoms with E-state index in [0.717, 1.165) is 11.3 Å². The van der Waals surface area contributed by atoms with Crippen LogP contribution in [0.15, 0.2) is 18.2 Å². The maximum Gasteiger partial charge on any atom is 0.305 e. The average molecular weight is 358 g/mol. The Morgan fingerprint density at radius 3 is 2.96 bits per heavy atom. The first-order chi connectivity index (χ1) is 11.0. The van der Waals surface area contributed by atoms with Crippen LogP contribution in [-0.4, -0.2) is 52.6 Å². The van der Waals surface area contributed by atoms with Gasteiger partial charge in [0.05, 0.1) is 30.5 Å². The van der Waals surface area contributed by atoms with E-state index < -0.39 is 5.97 Å². The molecule has 0 bridgehead atoms. The Morgan fingerprint density at radius 1 is 1.48 bits per heavy atom. The van der Waals surface area contributed by atoms with E-state index >= 15 is 0 Å². The van der Waals surface area contributed by atoms with Crippen molar-refractivity contribution in [3.05, 3.63) is 28.8 Å². The van der Waals surface area contributed by atoms with Gasteiger partial charge in [0.1, 0.15) is 5.75 Å². The summed E-state index contributed by atoms with van der Waals surface area (Å²) in [5.74, 6) is 1.06. The lowest BCUT2D eigenvalue weighted by atomic mass is 10.1. The van der Waals surface area contributed by atoms with Gasteiger partial charge in [0, 0.05) is 23.6 Å². The highest BCUT2D eigenvalue weighted by Crippen LogP contribution is 2.30. The minimum atomic E-state index is -0.881. The Balaban J connectivity index is 2.14.